The maximum Gasteiger partial charge on any atom is 0.258 e. The van der Waals surface area contributed by atoms with Crippen molar-refractivity contribution in [1.82, 2.24) is 9.36 Å². The van der Waals surface area contributed by atoms with Gasteiger partial charge in [-0.25, -0.2) is 0 Å². The molecule has 0 radical (unpaired) electrons. The zero-order valence-electron chi connectivity index (χ0n) is 12.1. The van der Waals surface area contributed by atoms with Crippen LogP contribution in [0.3, 0.4) is 0 Å². The first-order chi connectivity index (χ1) is 11.2. The van der Waals surface area contributed by atoms with Crippen LogP contribution in [0.2, 0.25) is 0 Å². The minimum Gasteiger partial charge on any atom is -0.497 e. The number of nitrogens with one attached hydrogen (secondary N) is 1. The third-order valence-electron chi connectivity index (χ3n) is 3.11. The van der Waals surface area contributed by atoms with Crippen LogP contribution >= 0.6 is 27.5 Å². The molecular weight excluding hydrogens is 378 g/mol. The molecule has 0 aliphatic heterocycles. The second kappa shape index (κ2) is 6.89. The van der Waals surface area contributed by atoms with Gasteiger partial charge in [0, 0.05) is 21.6 Å². The highest BCUT2D eigenvalue weighted by Crippen LogP contribution is 2.24. The van der Waals surface area contributed by atoms with Crippen molar-refractivity contribution in [3.63, 3.8) is 0 Å². The number of benzene rings is 2. The zero-order valence-corrected chi connectivity index (χ0v) is 14.5. The van der Waals surface area contributed by atoms with Crippen molar-refractivity contribution in [2.75, 3.05) is 12.4 Å². The van der Waals surface area contributed by atoms with Crippen LogP contribution in [0, 0.1) is 0 Å². The van der Waals surface area contributed by atoms with Crippen LogP contribution in [-0.2, 0) is 0 Å². The fraction of sp³-hybridized carbons (Fsp3) is 0.0625. The molecule has 1 amide bonds. The van der Waals surface area contributed by atoms with Crippen LogP contribution in [0.5, 0.6) is 5.75 Å². The number of halogens is 1. The lowest BCUT2D eigenvalue weighted by atomic mass is 10.2. The molecule has 2 aromatic carbocycles. The Balaban J connectivity index is 1.76. The van der Waals surface area contributed by atoms with E-state index >= 15 is 0 Å². The van der Waals surface area contributed by atoms with Gasteiger partial charge in [-0.15, -0.1) is 0 Å². The molecule has 23 heavy (non-hydrogen) atoms. The number of carbonyl (C=O) groups is 1. The van der Waals surface area contributed by atoms with E-state index in [2.05, 4.69) is 30.6 Å². The summed E-state index contributed by atoms with van der Waals surface area (Å²) in [6, 6.07) is 14.7. The van der Waals surface area contributed by atoms with Crippen molar-refractivity contribution >= 4 is 38.5 Å². The smallest absolute Gasteiger partial charge is 0.258 e. The van der Waals surface area contributed by atoms with E-state index in [1.807, 2.05) is 42.5 Å². The molecule has 0 aliphatic carbocycles. The number of ether oxygens (including phenoxy) is 1. The van der Waals surface area contributed by atoms with Gasteiger partial charge in [-0.1, -0.05) is 12.1 Å². The molecule has 0 bridgehead atoms. The fourth-order valence-electron chi connectivity index (χ4n) is 1.94. The summed E-state index contributed by atoms with van der Waals surface area (Å²) in [5.41, 5.74) is 1.41. The minimum absolute atomic E-state index is 0.227. The maximum atomic E-state index is 12.2. The molecule has 7 heteroatoms. The number of aromatic nitrogens is 2. The number of methoxy groups -OCH3 is 1. The highest BCUT2D eigenvalue weighted by Gasteiger charge is 2.13. The molecule has 0 spiro atoms. The lowest BCUT2D eigenvalue weighted by molar-refractivity contribution is 0.102. The largest absolute Gasteiger partial charge is 0.497 e. The molecule has 3 aromatic rings. The Bertz CT molecular complexity index is 833. The van der Waals surface area contributed by atoms with E-state index in [1.54, 1.807) is 13.2 Å². The third-order valence-corrected chi connectivity index (χ3v) is 4.44. The van der Waals surface area contributed by atoms with E-state index in [-0.39, 0.29) is 5.91 Å². The molecule has 0 saturated carbocycles. The predicted molar refractivity (Wildman–Crippen MR) is 94.0 cm³/mol. The summed E-state index contributed by atoms with van der Waals surface area (Å²) in [6.07, 6.45) is 0. The van der Waals surface area contributed by atoms with Gasteiger partial charge < -0.3 is 4.74 Å². The van der Waals surface area contributed by atoms with Crippen LogP contribution in [0.4, 0.5) is 5.13 Å². The molecule has 3 rings (SSSR count). The minimum atomic E-state index is -0.227. The zero-order chi connectivity index (χ0) is 16.2. The summed E-state index contributed by atoms with van der Waals surface area (Å²) in [4.78, 5) is 16.6. The number of rotatable bonds is 4. The van der Waals surface area contributed by atoms with E-state index in [0.29, 0.717) is 16.5 Å². The quantitative estimate of drug-likeness (QED) is 0.724. The molecule has 116 valence electrons. The Kier molecular flexibility index (Phi) is 4.68. The monoisotopic (exact) mass is 389 g/mol. The van der Waals surface area contributed by atoms with Gasteiger partial charge in [0.2, 0.25) is 5.13 Å². The van der Waals surface area contributed by atoms with Crippen LogP contribution in [0.15, 0.2) is 53.0 Å². The Morgan fingerprint density at radius 1 is 1.17 bits per heavy atom. The number of nitrogens with zero attached hydrogens (tertiary/aromatic N) is 2. The van der Waals surface area contributed by atoms with E-state index in [9.17, 15) is 4.79 Å². The molecule has 1 aromatic heterocycles. The van der Waals surface area contributed by atoms with Gasteiger partial charge in [0.1, 0.15) is 5.75 Å². The second-order valence-electron chi connectivity index (χ2n) is 4.59. The van der Waals surface area contributed by atoms with Gasteiger partial charge in [-0.05, 0) is 52.3 Å². The number of anilines is 1. The van der Waals surface area contributed by atoms with Gasteiger partial charge in [0.25, 0.3) is 5.91 Å². The fourth-order valence-corrected chi connectivity index (χ4v) is 2.99. The van der Waals surface area contributed by atoms with Gasteiger partial charge in [0.15, 0.2) is 5.82 Å². The molecule has 1 heterocycles. The molecule has 1 N–H and O–H groups in total. The summed E-state index contributed by atoms with van der Waals surface area (Å²) in [5.74, 6) is 1.11. The molecule has 0 fully saturated rings. The predicted octanol–water partition coefficient (Wildman–Crippen LogP) is 4.23. The lowest BCUT2D eigenvalue weighted by Gasteiger charge is -2.03. The van der Waals surface area contributed by atoms with E-state index in [4.69, 9.17) is 4.74 Å². The van der Waals surface area contributed by atoms with Crippen molar-refractivity contribution in [2.24, 2.45) is 0 Å². The van der Waals surface area contributed by atoms with Gasteiger partial charge in [-0.2, -0.15) is 9.36 Å². The normalized spacial score (nSPS) is 10.3. The van der Waals surface area contributed by atoms with Crippen molar-refractivity contribution < 1.29 is 9.53 Å². The summed E-state index contributed by atoms with van der Waals surface area (Å²) < 4.78 is 10.1. The molecular formula is C16H12BrN3O2S. The van der Waals surface area contributed by atoms with Gasteiger partial charge in [-0.3, -0.25) is 10.1 Å². The van der Waals surface area contributed by atoms with E-state index in [1.165, 1.54) is 0 Å². The van der Waals surface area contributed by atoms with Crippen LogP contribution in [0.25, 0.3) is 11.4 Å². The number of hydrogen-bond acceptors (Lipinski definition) is 5. The second-order valence-corrected chi connectivity index (χ2v) is 6.19. The Morgan fingerprint density at radius 3 is 2.61 bits per heavy atom. The van der Waals surface area contributed by atoms with E-state index < -0.39 is 0 Å². The standard InChI is InChI=1S/C16H12BrN3O2S/c1-22-11-8-6-10(7-9-11)14-18-16(23-20-14)19-15(21)12-4-2-3-5-13(12)17/h2-9H,1H3,(H,18,19,20,21). The number of hydrogen-bond donors (Lipinski definition) is 1. The van der Waals surface area contributed by atoms with Crippen molar-refractivity contribution in [3.8, 4) is 17.1 Å². The van der Waals surface area contributed by atoms with Crippen molar-refractivity contribution in [2.45, 2.75) is 0 Å². The highest BCUT2D eigenvalue weighted by molar-refractivity contribution is 9.10. The van der Waals surface area contributed by atoms with Crippen LogP contribution in [0.1, 0.15) is 10.4 Å². The number of amides is 1. The molecule has 0 saturated heterocycles. The first kappa shape index (κ1) is 15.6. The average molecular weight is 390 g/mol. The molecule has 5 nitrogen and oxygen atoms in total. The Hall–Kier alpha value is -2.25. The summed E-state index contributed by atoms with van der Waals surface area (Å²) >= 11 is 4.50. The van der Waals surface area contributed by atoms with E-state index in [0.717, 1.165) is 27.3 Å². The SMILES string of the molecule is COc1ccc(-c2nsc(NC(=O)c3ccccc3Br)n2)cc1. The average Bonchev–Trinajstić information content (AvgIpc) is 3.03. The van der Waals surface area contributed by atoms with Crippen molar-refractivity contribution in [3.05, 3.63) is 58.6 Å². The highest BCUT2D eigenvalue weighted by atomic mass is 79.9. The first-order valence-electron chi connectivity index (χ1n) is 6.71. The van der Waals surface area contributed by atoms with Crippen molar-refractivity contribution in [1.29, 1.82) is 0 Å². The summed E-state index contributed by atoms with van der Waals surface area (Å²) in [7, 11) is 1.62. The maximum absolute atomic E-state index is 12.2. The molecule has 0 atom stereocenters. The summed E-state index contributed by atoms with van der Waals surface area (Å²) in [5, 5.41) is 3.22. The van der Waals surface area contributed by atoms with Crippen LogP contribution in [-0.4, -0.2) is 22.4 Å². The lowest BCUT2D eigenvalue weighted by Crippen LogP contribution is -2.12. The number of carbonyl (C=O) groups excluding carboxylic acids is 1. The Morgan fingerprint density at radius 2 is 1.91 bits per heavy atom. The van der Waals surface area contributed by atoms with Gasteiger partial charge in [0.05, 0.1) is 12.7 Å². The Labute approximate surface area is 145 Å². The first-order valence-corrected chi connectivity index (χ1v) is 8.28. The van der Waals surface area contributed by atoms with Gasteiger partial charge >= 0.3 is 0 Å². The molecule has 0 unspecified atom stereocenters. The third kappa shape index (κ3) is 3.57. The molecule has 0 aliphatic rings. The topological polar surface area (TPSA) is 64.1 Å². The summed E-state index contributed by atoms with van der Waals surface area (Å²) in [6.45, 7) is 0. The van der Waals surface area contributed by atoms with Crippen LogP contribution < -0.4 is 10.1 Å².